The normalized spacial score (nSPS) is 14.6. The summed E-state index contributed by atoms with van der Waals surface area (Å²) in [5.74, 6) is 0.743. The third kappa shape index (κ3) is 2.33. The van der Waals surface area contributed by atoms with E-state index in [2.05, 4.69) is 59.9 Å². The second-order valence-electron chi connectivity index (χ2n) is 4.79. The SMILES string of the molecule is c1ccc(NCC2Cc3ccccc3C2)cc1. The average Bonchev–Trinajstić information content (AvgIpc) is 2.80. The van der Waals surface area contributed by atoms with Crippen LogP contribution in [0.5, 0.6) is 0 Å². The van der Waals surface area contributed by atoms with Crippen molar-refractivity contribution in [2.75, 3.05) is 11.9 Å². The molecule has 0 amide bonds. The molecule has 1 aliphatic carbocycles. The number of rotatable bonds is 3. The Kier molecular flexibility index (Phi) is 2.83. The molecule has 1 heteroatoms. The van der Waals surface area contributed by atoms with E-state index in [1.165, 1.54) is 29.7 Å². The van der Waals surface area contributed by atoms with Crippen molar-refractivity contribution in [3.63, 3.8) is 0 Å². The lowest BCUT2D eigenvalue weighted by atomic mass is 10.1. The molecule has 0 unspecified atom stereocenters. The molecule has 0 radical (unpaired) electrons. The van der Waals surface area contributed by atoms with E-state index in [9.17, 15) is 0 Å². The molecule has 86 valence electrons. The fourth-order valence-electron chi connectivity index (χ4n) is 2.61. The molecule has 2 aromatic carbocycles. The van der Waals surface area contributed by atoms with E-state index in [0.717, 1.165) is 12.5 Å². The van der Waals surface area contributed by atoms with Gasteiger partial charge in [0.15, 0.2) is 0 Å². The minimum Gasteiger partial charge on any atom is -0.385 e. The summed E-state index contributed by atoms with van der Waals surface area (Å²) in [5, 5.41) is 3.52. The first-order valence-corrected chi connectivity index (χ1v) is 6.27. The highest BCUT2D eigenvalue weighted by molar-refractivity contribution is 5.43. The zero-order valence-corrected chi connectivity index (χ0v) is 9.89. The van der Waals surface area contributed by atoms with Crippen LogP contribution < -0.4 is 5.32 Å². The van der Waals surface area contributed by atoms with Gasteiger partial charge in [0.2, 0.25) is 0 Å². The van der Waals surface area contributed by atoms with Crippen LogP contribution in [0.2, 0.25) is 0 Å². The fourth-order valence-corrected chi connectivity index (χ4v) is 2.61. The van der Waals surface area contributed by atoms with Gasteiger partial charge in [-0.2, -0.15) is 0 Å². The highest BCUT2D eigenvalue weighted by atomic mass is 14.9. The van der Waals surface area contributed by atoms with Gasteiger partial charge >= 0.3 is 0 Å². The lowest BCUT2D eigenvalue weighted by Crippen LogP contribution is -2.14. The average molecular weight is 223 g/mol. The van der Waals surface area contributed by atoms with Gasteiger partial charge in [0.05, 0.1) is 0 Å². The van der Waals surface area contributed by atoms with Crippen molar-refractivity contribution in [3.8, 4) is 0 Å². The van der Waals surface area contributed by atoms with Crippen LogP contribution in [0.1, 0.15) is 11.1 Å². The van der Waals surface area contributed by atoms with Crippen LogP contribution in [0.3, 0.4) is 0 Å². The molecule has 3 rings (SSSR count). The molecular formula is C16H17N. The molecule has 0 spiro atoms. The molecule has 0 aliphatic heterocycles. The van der Waals surface area contributed by atoms with Crippen molar-refractivity contribution in [3.05, 3.63) is 65.7 Å². The van der Waals surface area contributed by atoms with Gasteiger partial charge in [0.1, 0.15) is 0 Å². The highest BCUT2D eigenvalue weighted by Crippen LogP contribution is 2.26. The van der Waals surface area contributed by atoms with Crippen LogP contribution in [-0.2, 0) is 12.8 Å². The molecule has 0 saturated carbocycles. The van der Waals surface area contributed by atoms with Crippen molar-refractivity contribution >= 4 is 5.69 Å². The minimum absolute atomic E-state index is 0.743. The summed E-state index contributed by atoms with van der Waals surface area (Å²) in [6.07, 6.45) is 2.44. The Morgan fingerprint density at radius 3 is 2.06 bits per heavy atom. The van der Waals surface area contributed by atoms with Crippen LogP contribution in [-0.4, -0.2) is 6.54 Å². The summed E-state index contributed by atoms with van der Waals surface area (Å²) in [4.78, 5) is 0. The summed E-state index contributed by atoms with van der Waals surface area (Å²) >= 11 is 0. The van der Waals surface area contributed by atoms with E-state index in [0.29, 0.717) is 0 Å². The van der Waals surface area contributed by atoms with Gasteiger partial charge in [-0.25, -0.2) is 0 Å². The quantitative estimate of drug-likeness (QED) is 0.839. The van der Waals surface area contributed by atoms with E-state index in [-0.39, 0.29) is 0 Å². The number of para-hydroxylation sites is 1. The van der Waals surface area contributed by atoms with E-state index >= 15 is 0 Å². The first-order chi connectivity index (χ1) is 8.42. The Morgan fingerprint density at radius 1 is 0.824 bits per heavy atom. The summed E-state index contributed by atoms with van der Waals surface area (Å²) in [6, 6.07) is 19.3. The van der Waals surface area contributed by atoms with Crippen LogP contribution in [0.25, 0.3) is 0 Å². The van der Waals surface area contributed by atoms with Gasteiger partial charge in [0.25, 0.3) is 0 Å². The second kappa shape index (κ2) is 4.62. The maximum absolute atomic E-state index is 3.52. The van der Waals surface area contributed by atoms with Gasteiger partial charge < -0.3 is 5.32 Å². The number of benzene rings is 2. The first-order valence-electron chi connectivity index (χ1n) is 6.27. The van der Waals surface area contributed by atoms with Gasteiger partial charge in [-0.05, 0) is 42.0 Å². The molecule has 0 heterocycles. The van der Waals surface area contributed by atoms with Gasteiger partial charge in [-0.15, -0.1) is 0 Å². The lowest BCUT2D eigenvalue weighted by Gasteiger charge is -2.11. The molecule has 17 heavy (non-hydrogen) atoms. The fraction of sp³-hybridized carbons (Fsp3) is 0.250. The van der Waals surface area contributed by atoms with Crippen molar-refractivity contribution in [1.29, 1.82) is 0 Å². The third-order valence-electron chi connectivity index (χ3n) is 3.50. The molecule has 2 aromatic rings. The monoisotopic (exact) mass is 223 g/mol. The van der Waals surface area contributed by atoms with E-state index in [1.807, 2.05) is 0 Å². The van der Waals surface area contributed by atoms with E-state index in [4.69, 9.17) is 0 Å². The summed E-state index contributed by atoms with van der Waals surface area (Å²) in [5.41, 5.74) is 4.29. The zero-order valence-electron chi connectivity index (χ0n) is 9.89. The predicted molar refractivity (Wildman–Crippen MR) is 72.3 cm³/mol. The van der Waals surface area contributed by atoms with Crippen LogP contribution in [0, 0.1) is 5.92 Å². The molecule has 1 nitrogen and oxygen atoms in total. The molecule has 0 fully saturated rings. The summed E-state index contributed by atoms with van der Waals surface area (Å²) in [6.45, 7) is 1.07. The first kappa shape index (κ1) is 10.4. The van der Waals surface area contributed by atoms with E-state index < -0.39 is 0 Å². The lowest BCUT2D eigenvalue weighted by molar-refractivity contribution is 0.594. The number of hydrogen-bond acceptors (Lipinski definition) is 1. The van der Waals surface area contributed by atoms with Gasteiger partial charge in [0, 0.05) is 12.2 Å². The minimum atomic E-state index is 0.743. The Morgan fingerprint density at radius 2 is 1.41 bits per heavy atom. The molecule has 0 aromatic heterocycles. The number of nitrogens with one attached hydrogen (secondary N) is 1. The number of hydrogen-bond donors (Lipinski definition) is 1. The maximum Gasteiger partial charge on any atom is 0.0340 e. The van der Waals surface area contributed by atoms with Crippen molar-refractivity contribution in [1.82, 2.24) is 0 Å². The van der Waals surface area contributed by atoms with Crippen LogP contribution in [0.4, 0.5) is 5.69 Å². The Balaban J connectivity index is 1.59. The van der Waals surface area contributed by atoms with Crippen molar-refractivity contribution < 1.29 is 0 Å². The zero-order chi connectivity index (χ0) is 11.5. The summed E-state index contributed by atoms with van der Waals surface area (Å²) < 4.78 is 0. The largest absolute Gasteiger partial charge is 0.385 e. The molecule has 0 saturated heterocycles. The Hall–Kier alpha value is -1.76. The van der Waals surface area contributed by atoms with Gasteiger partial charge in [-0.3, -0.25) is 0 Å². The van der Waals surface area contributed by atoms with Crippen molar-refractivity contribution in [2.24, 2.45) is 5.92 Å². The molecule has 1 N–H and O–H groups in total. The molecule has 0 atom stereocenters. The predicted octanol–water partition coefficient (Wildman–Crippen LogP) is 3.51. The van der Waals surface area contributed by atoms with E-state index in [1.54, 1.807) is 0 Å². The summed E-state index contributed by atoms with van der Waals surface area (Å²) in [7, 11) is 0. The highest BCUT2D eigenvalue weighted by Gasteiger charge is 2.20. The number of fused-ring (bicyclic) bond motifs is 1. The molecular weight excluding hydrogens is 206 g/mol. The topological polar surface area (TPSA) is 12.0 Å². The second-order valence-corrected chi connectivity index (χ2v) is 4.79. The third-order valence-corrected chi connectivity index (χ3v) is 3.50. The Labute approximate surface area is 102 Å². The maximum atomic E-state index is 3.52. The van der Waals surface area contributed by atoms with Crippen LogP contribution >= 0.6 is 0 Å². The number of anilines is 1. The smallest absolute Gasteiger partial charge is 0.0340 e. The molecule has 0 bridgehead atoms. The molecule has 1 aliphatic rings. The van der Waals surface area contributed by atoms with Crippen molar-refractivity contribution in [2.45, 2.75) is 12.8 Å². The van der Waals surface area contributed by atoms with Crippen LogP contribution in [0.15, 0.2) is 54.6 Å². The Bertz CT molecular complexity index is 465. The standard InChI is InChI=1S/C16H17N/c1-2-8-16(9-3-1)17-12-13-10-14-6-4-5-7-15(14)11-13/h1-9,13,17H,10-12H2. The van der Waals surface area contributed by atoms with Gasteiger partial charge in [-0.1, -0.05) is 42.5 Å².